The molecule has 0 spiro atoms. The third kappa shape index (κ3) is 3.06. The lowest BCUT2D eigenvalue weighted by Gasteiger charge is -2.38. The minimum atomic E-state index is 0.347. The van der Waals surface area contributed by atoms with E-state index in [-0.39, 0.29) is 0 Å². The van der Waals surface area contributed by atoms with Crippen molar-refractivity contribution < 1.29 is 9.26 Å². The van der Waals surface area contributed by atoms with Gasteiger partial charge in [-0.3, -0.25) is 0 Å². The zero-order valence-corrected chi connectivity index (χ0v) is 13.4. The van der Waals surface area contributed by atoms with Crippen LogP contribution in [0.1, 0.15) is 74.9 Å². The molecule has 2 saturated heterocycles. The number of likely N-dealkylation sites (tertiary alicyclic amines) is 1. The van der Waals surface area contributed by atoms with Crippen molar-refractivity contribution in [1.82, 2.24) is 15.0 Å². The molecule has 0 N–H and O–H groups in total. The van der Waals surface area contributed by atoms with E-state index in [2.05, 4.69) is 15.0 Å². The van der Waals surface area contributed by atoms with Gasteiger partial charge in [-0.2, -0.15) is 4.98 Å². The van der Waals surface area contributed by atoms with E-state index >= 15 is 0 Å². The number of ether oxygens (including phenoxy) is 1. The molecule has 0 amide bonds. The number of hydrogen-bond donors (Lipinski definition) is 0. The molecular weight excluding hydrogens is 278 g/mol. The van der Waals surface area contributed by atoms with Crippen molar-refractivity contribution in [3.63, 3.8) is 0 Å². The summed E-state index contributed by atoms with van der Waals surface area (Å²) in [6.07, 6.45) is 10.4. The zero-order valence-electron chi connectivity index (χ0n) is 13.4. The molecule has 3 aliphatic rings. The van der Waals surface area contributed by atoms with Gasteiger partial charge in [-0.05, 0) is 45.2 Å². The maximum atomic E-state index is 5.56. The molecule has 0 aromatic carbocycles. The van der Waals surface area contributed by atoms with Crippen molar-refractivity contribution >= 4 is 0 Å². The summed E-state index contributed by atoms with van der Waals surface area (Å²) in [5, 5.41) is 4.20. The van der Waals surface area contributed by atoms with Crippen LogP contribution >= 0.6 is 0 Å². The Labute approximate surface area is 132 Å². The van der Waals surface area contributed by atoms with Crippen molar-refractivity contribution in [2.45, 2.75) is 69.2 Å². The van der Waals surface area contributed by atoms with Crippen LogP contribution in [0.4, 0.5) is 0 Å². The average Bonchev–Trinajstić information content (AvgIpc) is 3.27. The fraction of sp³-hybridized carbons (Fsp3) is 0.882. The van der Waals surface area contributed by atoms with E-state index in [0.29, 0.717) is 11.8 Å². The van der Waals surface area contributed by atoms with Gasteiger partial charge in [-0.1, -0.05) is 24.4 Å². The third-order valence-corrected chi connectivity index (χ3v) is 5.72. The molecule has 0 bridgehead atoms. The predicted octanol–water partition coefficient (Wildman–Crippen LogP) is 3.09. The molecule has 1 aromatic rings. The second kappa shape index (κ2) is 6.67. The van der Waals surface area contributed by atoms with E-state index in [1.54, 1.807) is 0 Å². The van der Waals surface area contributed by atoms with Crippen LogP contribution < -0.4 is 0 Å². The summed E-state index contributed by atoms with van der Waals surface area (Å²) in [5.74, 6) is 2.54. The Morgan fingerprint density at radius 2 is 1.73 bits per heavy atom. The third-order valence-electron chi connectivity index (χ3n) is 5.72. The number of rotatable bonds is 3. The lowest BCUT2D eigenvalue weighted by atomic mass is 9.90. The second-order valence-electron chi connectivity index (χ2n) is 7.15. The summed E-state index contributed by atoms with van der Waals surface area (Å²) in [4.78, 5) is 7.38. The minimum Gasteiger partial charge on any atom is -0.381 e. The normalized spacial score (nSPS) is 29.2. The van der Waals surface area contributed by atoms with Gasteiger partial charge >= 0.3 is 0 Å². The van der Waals surface area contributed by atoms with Crippen molar-refractivity contribution in [3.05, 3.63) is 11.7 Å². The van der Waals surface area contributed by atoms with Gasteiger partial charge in [0.15, 0.2) is 5.82 Å². The van der Waals surface area contributed by atoms with Crippen LogP contribution in [0.15, 0.2) is 4.52 Å². The fourth-order valence-electron chi connectivity index (χ4n) is 4.27. The Bertz CT molecular complexity index is 470. The Kier molecular flexibility index (Phi) is 4.44. The molecule has 122 valence electrons. The number of aromatic nitrogens is 2. The van der Waals surface area contributed by atoms with Gasteiger partial charge in [-0.25, -0.2) is 0 Å². The summed E-state index contributed by atoms with van der Waals surface area (Å²) >= 11 is 0. The SMILES string of the molecule is C1CCC(N2CCC(c3nc([C@@H]4CCOC4)no3)CC2)CC1. The van der Waals surface area contributed by atoms with E-state index < -0.39 is 0 Å². The molecular formula is C17H27N3O2. The lowest BCUT2D eigenvalue weighted by molar-refractivity contribution is 0.115. The molecule has 3 fully saturated rings. The molecule has 1 saturated carbocycles. The molecule has 0 unspecified atom stereocenters. The van der Waals surface area contributed by atoms with Crippen LogP contribution in [0.25, 0.3) is 0 Å². The summed E-state index contributed by atoms with van der Waals surface area (Å²) < 4.78 is 11.0. The van der Waals surface area contributed by atoms with E-state index in [4.69, 9.17) is 9.26 Å². The number of hydrogen-bond acceptors (Lipinski definition) is 5. The predicted molar refractivity (Wildman–Crippen MR) is 82.9 cm³/mol. The van der Waals surface area contributed by atoms with Crippen molar-refractivity contribution in [3.8, 4) is 0 Å². The first-order chi connectivity index (χ1) is 10.9. The topological polar surface area (TPSA) is 51.4 Å². The average molecular weight is 305 g/mol. The first-order valence-electron chi connectivity index (χ1n) is 9.05. The monoisotopic (exact) mass is 305 g/mol. The van der Waals surface area contributed by atoms with E-state index in [1.807, 2.05) is 0 Å². The van der Waals surface area contributed by atoms with Gasteiger partial charge in [0.25, 0.3) is 0 Å². The Hall–Kier alpha value is -0.940. The first kappa shape index (κ1) is 14.6. The van der Waals surface area contributed by atoms with Gasteiger partial charge in [-0.15, -0.1) is 0 Å². The van der Waals surface area contributed by atoms with Crippen LogP contribution in [0.3, 0.4) is 0 Å². The molecule has 1 atom stereocenters. The molecule has 0 radical (unpaired) electrons. The number of nitrogens with zero attached hydrogens (tertiary/aromatic N) is 3. The molecule has 5 nitrogen and oxygen atoms in total. The Morgan fingerprint density at radius 1 is 0.909 bits per heavy atom. The maximum absolute atomic E-state index is 5.56. The minimum absolute atomic E-state index is 0.347. The molecule has 22 heavy (non-hydrogen) atoms. The van der Waals surface area contributed by atoms with Gasteiger partial charge in [0.05, 0.1) is 6.61 Å². The fourth-order valence-corrected chi connectivity index (χ4v) is 4.27. The molecule has 4 rings (SSSR count). The standard InChI is InChI=1S/C17H27N3O2/c1-2-4-15(5-3-1)20-9-6-13(7-10-20)17-18-16(19-22-17)14-8-11-21-12-14/h13-15H,1-12H2/t14-/m1/s1. The Balaban J connectivity index is 1.33. The Morgan fingerprint density at radius 3 is 2.45 bits per heavy atom. The van der Waals surface area contributed by atoms with Crippen molar-refractivity contribution in [2.75, 3.05) is 26.3 Å². The number of piperidine rings is 1. The second-order valence-corrected chi connectivity index (χ2v) is 7.15. The molecule has 5 heteroatoms. The van der Waals surface area contributed by atoms with Gasteiger partial charge in [0.1, 0.15) is 0 Å². The zero-order chi connectivity index (χ0) is 14.8. The summed E-state index contributed by atoms with van der Waals surface area (Å²) in [5.41, 5.74) is 0. The van der Waals surface area contributed by atoms with E-state index in [0.717, 1.165) is 37.4 Å². The summed E-state index contributed by atoms with van der Waals surface area (Å²) in [6, 6.07) is 0.837. The maximum Gasteiger partial charge on any atom is 0.229 e. The van der Waals surface area contributed by atoms with Gasteiger partial charge in [0.2, 0.25) is 5.89 Å². The van der Waals surface area contributed by atoms with Crippen LogP contribution in [0.5, 0.6) is 0 Å². The molecule has 1 aliphatic carbocycles. The summed E-state index contributed by atoms with van der Waals surface area (Å²) in [6.45, 7) is 3.96. The highest BCUT2D eigenvalue weighted by molar-refractivity contribution is 5.02. The van der Waals surface area contributed by atoms with Gasteiger partial charge < -0.3 is 14.2 Å². The quantitative estimate of drug-likeness (QED) is 0.859. The largest absolute Gasteiger partial charge is 0.381 e. The molecule has 1 aromatic heterocycles. The smallest absolute Gasteiger partial charge is 0.229 e. The molecule has 2 aliphatic heterocycles. The molecule has 3 heterocycles. The van der Waals surface area contributed by atoms with Crippen molar-refractivity contribution in [1.29, 1.82) is 0 Å². The first-order valence-corrected chi connectivity index (χ1v) is 9.05. The lowest BCUT2D eigenvalue weighted by Crippen LogP contribution is -2.41. The van der Waals surface area contributed by atoms with Gasteiger partial charge in [0, 0.05) is 24.5 Å². The highest BCUT2D eigenvalue weighted by atomic mass is 16.5. The van der Waals surface area contributed by atoms with E-state index in [1.165, 1.54) is 58.0 Å². The van der Waals surface area contributed by atoms with E-state index in [9.17, 15) is 0 Å². The summed E-state index contributed by atoms with van der Waals surface area (Å²) in [7, 11) is 0. The van der Waals surface area contributed by atoms with Crippen LogP contribution in [-0.2, 0) is 4.74 Å². The highest BCUT2D eigenvalue weighted by Crippen LogP contribution is 2.32. The van der Waals surface area contributed by atoms with Crippen LogP contribution in [0.2, 0.25) is 0 Å². The van der Waals surface area contributed by atoms with Crippen LogP contribution in [-0.4, -0.2) is 47.4 Å². The van der Waals surface area contributed by atoms with Crippen LogP contribution in [0, 0.1) is 0 Å². The highest BCUT2D eigenvalue weighted by Gasteiger charge is 2.30. The van der Waals surface area contributed by atoms with Crippen molar-refractivity contribution in [2.24, 2.45) is 0 Å².